The topological polar surface area (TPSA) is 220 Å². The van der Waals surface area contributed by atoms with E-state index in [9.17, 15) is 28.4 Å². The Morgan fingerprint density at radius 3 is 2.54 bits per heavy atom. The number of likely N-dealkylation sites (tertiary alicyclic amines) is 1. The number of rotatable bonds is 14. The van der Waals surface area contributed by atoms with E-state index in [4.69, 9.17) is 28.7 Å². The highest BCUT2D eigenvalue weighted by molar-refractivity contribution is 7.90. The molecule has 1 amide bonds. The van der Waals surface area contributed by atoms with Gasteiger partial charge in [-0.15, -0.1) is 0 Å². The van der Waals surface area contributed by atoms with Crippen LogP contribution in [0.3, 0.4) is 0 Å². The van der Waals surface area contributed by atoms with Gasteiger partial charge in [0.15, 0.2) is 17.2 Å². The number of nitrogens with one attached hydrogen (secondary N) is 3. The lowest BCUT2D eigenvalue weighted by molar-refractivity contribution is -0.384. The van der Waals surface area contributed by atoms with Crippen LogP contribution in [-0.2, 0) is 19.5 Å². The van der Waals surface area contributed by atoms with Crippen LogP contribution in [0.1, 0.15) is 118 Å². The predicted molar refractivity (Wildman–Crippen MR) is 278 cm³/mol. The van der Waals surface area contributed by atoms with Crippen LogP contribution >= 0.6 is 0 Å². The first-order valence-corrected chi connectivity index (χ1v) is 27.8. The number of hydrogen-bond donors (Lipinski definition) is 4. The molecule has 1 spiro atoms. The second-order valence-corrected chi connectivity index (χ2v) is 23.7. The Labute approximate surface area is 431 Å². The molecule has 2 aliphatic carbocycles. The van der Waals surface area contributed by atoms with Crippen molar-refractivity contribution in [3.05, 3.63) is 99.7 Å². The number of amides is 1. The summed E-state index contributed by atoms with van der Waals surface area (Å²) in [6.45, 7) is 10.6. The van der Waals surface area contributed by atoms with Gasteiger partial charge < -0.3 is 44.0 Å². The fraction of sp³-hybridized carbons (Fsp3) is 0.527. The van der Waals surface area contributed by atoms with E-state index in [0.29, 0.717) is 74.5 Å². The summed E-state index contributed by atoms with van der Waals surface area (Å²) in [5, 5.41) is 27.0. The first-order valence-electron chi connectivity index (χ1n) is 26.3. The Morgan fingerprint density at radius 2 is 1.78 bits per heavy atom. The second kappa shape index (κ2) is 20.3. The molecular formula is C55H67N7O11S. The Hall–Kier alpha value is -5.99. The monoisotopic (exact) mass is 1030 g/mol. The van der Waals surface area contributed by atoms with Gasteiger partial charge in [-0.25, -0.2) is 13.1 Å². The number of aromatic amines is 1. The largest absolute Gasteiger partial charge is 0.489 e. The van der Waals surface area contributed by atoms with Crippen molar-refractivity contribution in [1.82, 2.24) is 19.6 Å². The van der Waals surface area contributed by atoms with E-state index in [0.717, 1.165) is 44.2 Å². The van der Waals surface area contributed by atoms with Gasteiger partial charge in [-0.3, -0.25) is 19.8 Å². The van der Waals surface area contributed by atoms with Gasteiger partial charge in [0, 0.05) is 60.6 Å². The van der Waals surface area contributed by atoms with Gasteiger partial charge in [0.25, 0.3) is 27.5 Å². The average Bonchev–Trinajstić information content (AvgIpc) is 4.07. The van der Waals surface area contributed by atoms with E-state index in [2.05, 4.69) is 62.9 Å². The molecule has 5 aromatic rings. The summed E-state index contributed by atoms with van der Waals surface area (Å²) in [7, 11) is -4.74. The van der Waals surface area contributed by atoms with Gasteiger partial charge in [-0.2, -0.15) is 4.98 Å². The van der Waals surface area contributed by atoms with E-state index in [1.807, 2.05) is 6.07 Å². The molecule has 3 aromatic carbocycles. The fourth-order valence-corrected chi connectivity index (χ4v) is 13.4. The summed E-state index contributed by atoms with van der Waals surface area (Å²) in [5.74, 6) is -0.104. The van der Waals surface area contributed by atoms with E-state index in [1.165, 1.54) is 42.9 Å². The molecule has 6 heterocycles. The molecule has 3 saturated heterocycles. The zero-order valence-corrected chi connectivity index (χ0v) is 43.2. The van der Waals surface area contributed by atoms with E-state index in [1.54, 1.807) is 37.4 Å². The van der Waals surface area contributed by atoms with E-state index < -0.39 is 37.0 Å². The van der Waals surface area contributed by atoms with Crippen LogP contribution in [0.5, 0.6) is 23.1 Å². The molecule has 5 fully saturated rings. The smallest absolute Gasteiger partial charge is 0.297 e. The normalized spacial score (nSPS) is 25.2. The molecule has 6 aliphatic rings. The lowest BCUT2D eigenvalue weighted by Crippen LogP contribution is -2.54. The molecular weight excluding hydrogens is 967 g/mol. The molecule has 4 N–H and O–H groups in total. The molecule has 0 bridgehead atoms. The van der Waals surface area contributed by atoms with Gasteiger partial charge in [0.1, 0.15) is 30.7 Å². The van der Waals surface area contributed by atoms with Crippen molar-refractivity contribution in [3.63, 3.8) is 0 Å². The SMILES string of the molecule is CC(C)c1ccccc1[C@H]1CCCN1C1CC2(CCN(c3ccc(C(=O)NS(=O)(=O)c4cc5c(c([N+](=O)[O-])c4)N[C@@H](C4CCC(C)(O)CC4)CO5)c(Oc4cc5cc[nH]c5nc4OC[C@@H]4COCCO4)c3)CC2)C1. The van der Waals surface area contributed by atoms with Crippen molar-refractivity contribution in [2.24, 2.45) is 11.3 Å². The minimum Gasteiger partial charge on any atom is -0.489 e. The number of carbonyl (C=O) groups is 1. The van der Waals surface area contributed by atoms with Crippen LogP contribution in [0, 0.1) is 21.4 Å². The first-order chi connectivity index (χ1) is 35.6. The molecule has 394 valence electrons. The number of H-pyrrole nitrogens is 1. The fourth-order valence-electron chi connectivity index (χ4n) is 12.4. The number of carbonyl (C=O) groups excluding carboxylic acids is 1. The Kier molecular flexibility index (Phi) is 13.7. The number of nitro benzene ring substituents is 1. The van der Waals surface area contributed by atoms with Crippen molar-refractivity contribution >= 4 is 44.0 Å². The number of aliphatic hydroxyl groups is 1. The molecule has 18 nitrogen and oxygen atoms in total. The highest BCUT2D eigenvalue weighted by Gasteiger charge is 2.50. The molecule has 19 heteroatoms. The average molecular weight is 1030 g/mol. The van der Waals surface area contributed by atoms with E-state index in [-0.39, 0.29) is 71.1 Å². The molecule has 4 aliphatic heterocycles. The maximum atomic E-state index is 14.5. The predicted octanol–water partition coefficient (Wildman–Crippen LogP) is 9.00. The summed E-state index contributed by atoms with van der Waals surface area (Å²) < 4.78 is 60.9. The zero-order valence-electron chi connectivity index (χ0n) is 42.3. The van der Waals surface area contributed by atoms with E-state index >= 15 is 0 Å². The van der Waals surface area contributed by atoms with Crippen molar-refractivity contribution < 1.29 is 46.9 Å². The van der Waals surface area contributed by atoms with Gasteiger partial charge in [0.05, 0.1) is 46.8 Å². The van der Waals surface area contributed by atoms with Crippen LogP contribution in [0.25, 0.3) is 11.0 Å². The summed E-state index contributed by atoms with van der Waals surface area (Å²) in [5.41, 5.74) is 3.23. The van der Waals surface area contributed by atoms with Crippen LogP contribution in [0.15, 0.2) is 77.8 Å². The summed E-state index contributed by atoms with van der Waals surface area (Å²) >= 11 is 0. The highest BCUT2D eigenvalue weighted by atomic mass is 32.2. The summed E-state index contributed by atoms with van der Waals surface area (Å²) in [4.78, 5) is 38.7. The summed E-state index contributed by atoms with van der Waals surface area (Å²) in [6.07, 6.45) is 10.7. The standard InChI is InChI=1S/C55H67N7O11S/c1-34(2)41-7-4-5-8-42(41)45-9-6-20-61(45)38-29-55(30-38)17-21-60(22-18-55)37-10-11-43(47(26-37)73-49-25-36-14-19-56-51(36)58-53(49)72-32-39-31-69-23-24-70-39)52(63)59-74(67,68)40-27-46(62(65)66)50-48(28-40)71-33-44(57-50)35-12-15-54(3,64)16-13-35/h4-5,7-8,10-11,14,19,25-28,34-35,38-39,44-45,57,64H,6,9,12-13,15-18,20-24,29-33H2,1-3H3,(H,56,58)(H,59,63)/t35?,39-,44+,45+,54?/m0/s1. The van der Waals surface area contributed by atoms with Crippen LogP contribution in [0.4, 0.5) is 17.1 Å². The number of ether oxygens (including phenoxy) is 5. The molecule has 2 saturated carbocycles. The summed E-state index contributed by atoms with van der Waals surface area (Å²) in [6, 6.07) is 20.5. The molecule has 0 radical (unpaired) electrons. The quantitative estimate of drug-likeness (QED) is 0.0602. The molecule has 3 atom stereocenters. The minimum atomic E-state index is -4.74. The van der Waals surface area contributed by atoms with Crippen molar-refractivity contribution in [2.45, 2.75) is 126 Å². The number of sulfonamides is 1. The van der Waals surface area contributed by atoms with Crippen molar-refractivity contribution in [2.75, 3.05) is 62.9 Å². The lowest BCUT2D eigenvalue weighted by atomic mass is 9.59. The maximum absolute atomic E-state index is 14.5. The van der Waals surface area contributed by atoms with Crippen LogP contribution in [0.2, 0.25) is 0 Å². The van der Waals surface area contributed by atoms with Crippen LogP contribution < -0.4 is 29.1 Å². The maximum Gasteiger partial charge on any atom is 0.297 e. The first kappa shape index (κ1) is 50.2. The van der Waals surface area contributed by atoms with Gasteiger partial charge >= 0.3 is 0 Å². The Bertz CT molecular complexity index is 3000. The van der Waals surface area contributed by atoms with Crippen molar-refractivity contribution in [3.8, 4) is 23.1 Å². The van der Waals surface area contributed by atoms with Crippen LogP contribution in [-0.4, -0.2) is 116 Å². The van der Waals surface area contributed by atoms with Gasteiger partial charge in [-0.1, -0.05) is 38.1 Å². The third kappa shape index (κ3) is 10.2. The highest BCUT2D eigenvalue weighted by Crippen LogP contribution is 2.54. The lowest BCUT2D eigenvalue weighted by Gasteiger charge is -2.56. The minimum absolute atomic E-state index is 0.0155. The molecule has 11 rings (SSSR count). The number of aromatic nitrogens is 2. The Morgan fingerprint density at radius 1 is 0.986 bits per heavy atom. The molecule has 0 unspecified atom stereocenters. The third-order valence-electron chi connectivity index (χ3n) is 16.7. The van der Waals surface area contributed by atoms with Crippen molar-refractivity contribution in [1.29, 1.82) is 0 Å². The number of nitrogens with zero attached hydrogens (tertiary/aromatic N) is 4. The number of pyridine rings is 1. The number of benzene rings is 3. The van der Waals surface area contributed by atoms with Gasteiger partial charge in [0.2, 0.25) is 0 Å². The number of hydrogen-bond acceptors (Lipinski definition) is 15. The number of piperidine rings is 1. The number of anilines is 2. The van der Waals surface area contributed by atoms with Gasteiger partial charge in [-0.05, 0) is 130 Å². The Balaban J connectivity index is 0.843. The number of fused-ring (bicyclic) bond motifs is 2. The second-order valence-electron chi connectivity index (χ2n) is 22.0. The molecule has 2 aromatic heterocycles. The number of nitro groups is 1. The molecule has 74 heavy (non-hydrogen) atoms. The zero-order chi connectivity index (χ0) is 51.4. The third-order valence-corrected chi connectivity index (χ3v) is 18.0.